The van der Waals surface area contributed by atoms with Gasteiger partial charge in [-0.2, -0.15) is 4.31 Å². The number of hydrogen-bond acceptors (Lipinski definition) is 4. The Bertz CT molecular complexity index is 691. The fraction of sp³-hybridized carbons (Fsp3) is 0.722. The minimum absolute atomic E-state index is 0.0363. The van der Waals surface area contributed by atoms with E-state index in [4.69, 9.17) is 0 Å². The zero-order chi connectivity index (χ0) is 17.9. The summed E-state index contributed by atoms with van der Waals surface area (Å²) in [4.78, 5) is 13.6. The Morgan fingerprint density at radius 3 is 2.48 bits per heavy atom. The maximum absolute atomic E-state index is 12.8. The molecule has 25 heavy (non-hydrogen) atoms. The Balaban J connectivity index is 1.63. The van der Waals surface area contributed by atoms with Crippen molar-refractivity contribution in [3.8, 4) is 0 Å². The average molecular weight is 385 g/mol. The van der Waals surface area contributed by atoms with Gasteiger partial charge in [0, 0.05) is 24.0 Å². The molecule has 1 saturated heterocycles. The molecule has 1 amide bonds. The molecule has 1 N–H and O–H groups in total. The van der Waals surface area contributed by atoms with Gasteiger partial charge >= 0.3 is 0 Å². The first kappa shape index (κ1) is 18.9. The van der Waals surface area contributed by atoms with Crippen molar-refractivity contribution in [3.05, 3.63) is 17.0 Å². The third kappa shape index (κ3) is 4.63. The van der Waals surface area contributed by atoms with Gasteiger partial charge in [-0.15, -0.1) is 11.3 Å². The predicted octanol–water partition coefficient (Wildman–Crippen LogP) is 3.30. The lowest BCUT2D eigenvalue weighted by Gasteiger charge is -2.31. The minimum atomic E-state index is -3.47. The van der Waals surface area contributed by atoms with Crippen molar-refractivity contribution in [2.45, 2.75) is 68.5 Å². The van der Waals surface area contributed by atoms with Crippen molar-refractivity contribution >= 4 is 27.3 Å². The van der Waals surface area contributed by atoms with Gasteiger partial charge in [-0.25, -0.2) is 8.42 Å². The van der Waals surface area contributed by atoms with E-state index in [0.29, 0.717) is 17.3 Å². The Morgan fingerprint density at radius 2 is 1.84 bits per heavy atom. The van der Waals surface area contributed by atoms with E-state index in [-0.39, 0.29) is 17.9 Å². The van der Waals surface area contributed by atoms with Crippen molar-refractivity contribution in [2.24, 2.45) is 5.92 Å². The predicted molar refractivity (Wildman–Crippen MR) is 100 cm³/mol. The highest BCUT2D eigenvalue weighted by Gasteiger charge is 2.34. The van der Waals surface area contributed by atoms with Crippen LogP contribution in [0.4, 0.5) is 0 Å². The van der Waals surface area contributed by atoms with Crippen molar-refractivity contribution in [1.82, 2.24) is 9.62 Å². The molecule has 1 saturated carbocycles. The van der Waals surface area contributed by atoms with E-state index in [0.717, 1.165) is 30.6 Å². The van der Waals surface area contributed by atoms with Crippen LogP contribution in [0.2, 0.25) is 0 Å². The molecule has 140 valence electrons. The van der Waals surface area contributed by atoms with Crippen LogP contribution in [0.15, 0.2) is 16.3 Å². The fourth-order valence-electron chi connectivity index (χ4n) is 3.80. The van der Waals surface area contributed by atoms with Crippen molar-refractivity contribution in [3.63, 3.8) is 0 Å². The van der Waals surface area contributed by atoms with Gasteiger partial charge in [0.25, 0.3) is 10.0 Å². The number of carbonyl (C=O) groups excluding carboxylic acids is 1. The number of carbonyl (C=O) groups is 1. The van der Waals surface area contributed by atoms with Crippen molar-refractivity contribution in [2.75, 3.05) is 13.1 Å². The summed E-state index contributed by atoms with van der Waals surface area (Å²) in [5.41, 5.74) is 0. The quantitative estimate of drug-likeness (QED) is 0.810. The highest BCUT2D eigenvalue weighted by molar-refractivity contribution is 7.91. The summed E-state index contributed by atoms with van der Waals surface area (Å²) in [6.45, 7) is 2.72. The molecule has 1 atom stereocenters. The lowest BCUT2D eigenvalue weighted by Crippen LogP contribution is -2.47. The summed E-state index contributed by atoms with van der Waals surface area (Å²) in [5.74, 6) is -0.193. The number of aryl methyl sites for hydroxylation is 1. The second-order valence-corrected chi connectivity index (χ2v) is 10.7. The number of sulfonamides is 1. The topological polar surface area (TPSA) is 66.5 Å². The summed E-state index contributed by atoms with van der Waals surface area (Å²) in [6.07, 6.45) is 8.47. The molecule has 1 aromatic rings. The Labute approximate surface area is 154 Å². The molecule has 1 unspecified atom stereocenters. The first-order valence-electron chi connectivity index (χ1n) is 9.34. The molecular weight excluding hydrogens is 356 g/mol. The van der Waals surface area contributed by atoms with E-state index in [1.807, 2.05) is 13.0 Å². The van der Waals surface area contributed by atoms with Crippen LogP contribution in [0.1, 0.15) is 56.2 Å². The van der Waals surface area contributed by atoms with Crippen molar-refractivity contribution < 1.29 is 13.2 Å². The zero-order valence-electron chi connectivity index (χ0n) is 14.9. The molecule has 1 aliphatic carbocycles. The molecule has 7 heteroatoms. The molecule has 5 nitrogen and oxygen atoms in total. The maximum Gasteiger partial charge on any atom is 0.252 e. The van der Waals surface area contributed by atoms with E-state index in [1.54, 1.807) is 6.07 Å². The van der Waals surface area contributed by atoms with Crippen molar-refractivity contribution in [1.29, 1.82) is 0 Å². The molecule has 3 rings (SSSR count). The van der Waals surface area contributed by atoms with Gasteiger partial charge in [0.1, 0.15) is 4.21 Å². The Kier molecular flexibility index (Phi) is 6.17. The number of thiophene rings is 1. The van der Waals surface area contributed by atoms with Crippen LogP contribution in [0.25, 0.3) is 0 Å². The third-order valence-electron chi connectivity index (χ3n) is 5.27. The first-order chi connectivity index (χ1) is 12.0. The summed E-state index contributed by atoms with van der Waals surface area (Å²) in [6, 6.07) is 3.77. The van der Waals surface area contributed by atoms with E-state index in [2.05, 4.69) is 5.32 Å². The lowest BCUT2D eigenvalue weighted by atomic mass is 9.97. The van der Waals surface area contributed by atoms with Gasteiger partial charge in [-0.3, -0.25) is 4.79 Å². The Morgan fingerprint density at radius 1 is 1.12 bits per heavy atom. The molecule has 0 aromatic carbocycles. The van der Waals surface area contributed by atoms with Crippen LogP contribution in [0.3, 0.4) is 0 Å². The van der Waals surface area contributed by atoms with Crippen LogP contribution in [0.5, 0.6) is 0 Å². The first-order valence-corrected chi connectivity index (χ1v) is 11.6. The van der Waals surface area contributed by atoms with Crippen LogP contribution < -0.4 is 5.32 Å². The Hall–Kier alpha value is -0.920. The number of hydrogen-bond donors (Lipinski definition) is 1. The van der Waals surface area contributed by atoms with Gasteiger partial charge < -0.3 is 5.32 Å². The van der Waals surface area contributed by atoms with Gasteiger partial charge in [-0.05, 0) is 44.7 Å². The van der Waals surface area contributed by atoms with Crippen LogP contribution in [0, 0.1) is 12.8 Å². The van der Waals surface area contributed by atoms with Gasteiger partial charge in [-0.1, -0.05) is 25.7 Å². The fourth-order valence-corrected chi connectivity index (χ4v) is 6.76. The summed E-state index contributed by atoms with van der Waals surface area (Å²) in [7, 11) is -3.47. The minimum Gasteiger partial charge on any atom is -0.353 e. The van der Waals surface area contributed by atoms with Crippen LogP contribution in [-0.4, -0.2) is 37.8 Å². The van der Waals surface area contributed by atoms with Gasteiger partial charge in [0.15, 0.2) is 0 Å². The molecule has 1 aromatic heterocycles. The normalized spacial score (nSPS) is 24.0. The molecule has 0 radical (unpaired) electrons. The summed E-state index contributed by atoms with van der Waals surface area (Å²) in [5, 5.41) is 3.19. The molecular formula is C18H28N2O3S2. The van der Waals surface area contributed by atoms with E-state index in [9.17, 15) is 13.2 Å². The van der Waals surface area contributed by atoms with Crippen LogP contribution >= 0.6 is 11.3 Å². The van der Waals surface area contributed by atoms with Crippen LogP contribution in [-0.2, 0) is 14.8 Å². The molecule has 2 aliphatic rings. The molecule has 2 heterocycles. The van der Waals surface area contributed by atoms with Gasteiger partial charge in [0.2, 0.25) is 5.91 Å². The van der Waals surface area contributed by atoms with E-state index >= 15 is 0 Å². The third-order valence-corrected chi connectivity index (χ3v) is 8.60. The average Bonchev–Trinajstić information content (AvgIpc) is 2.89. The number of nitrogens with zero attached hydrogens (tertiary/aromatic N) is 1. The van der Waals surface area contributed by atoms with Gasteiger partial charge in [0.05, 0.1) is 5.92 Å². The monoisotopic (exact) mass is 384 g/mol. The standard InChI is InChI=1S/C18H28N2O3S2/c1-14-10-11-17(24-14)25(22,23)20-12-6-7-15(13-20)18(21)19-16-8-4-2-3-5-9-16/h10-11,15-16H,2-9,12-13H2,1H3,(H,19,21). The smallest absolute Gasteiger partial charge is 0.252 e. The second-order valence-electron chi connectivity index (χ2n) is 7.26. The number of amides is 1. The number of nitrogens with one attached hydrogen (secondary N) is 1. The SMILES string of the molecule is Cc1ccc(S(=O)(=O)N2CCCC(C(=O)NC3CCCCCC3)C2)s1. The van der Waals surface area contributed by atoms with E-state index in [1.165, 1.54) is 41.3 Å². The molecule has 0 spiro atoms. The molecule has 2 fully saturated rings. The zero-order valence-corrected chi connectivity index (χ0v) is 16.5. The summed E-state index contributed by atoms with van der Waals surface area (Å²) < 4.78 is 27.5. The maximum atomic E-state index is 12.8. The molecule has 0 bridgehead atoms. The molecule has 1 aliphatic heterocycles. The lowest BCUT2D eigenvalue weighted by molar-refractivity contribution is -0.126. The largest absolute Gasteiger partial charge is 0.353 e. The highest BCUT2D eigenvalue weighted by Crippen LogP contribution is 2.28. The second kappa shape index (κ2) is 8.18. The number of piperidine rings is 1. The van der Waals surface area contributed by atoms with E-state index < -0.39 is 10.0 Å². The summed E-state index contributed by atoms with van der Waals surface area (Å²) >= 11 is 1.30. The highest BCUT2D eigenvalue weighted by atomic mass is 32.2. The number of rotatable bonds is 4.